The molecule has 0 spiro atoms. The predicted octanol–water partition coefficient (Wildman–Crippen LogP) is 3.10. The van der Waals surface area contributed by atoms with E-state index in [-0.39, 0.29) is 30.3 Å². The number of rotatable bonds is 3. The second kappa shape index (κ2) is 6.99. The summed E-state index contributed by atoms with van der Waals surface area (Å²) in [6.45, 7) is 5.64. The molecule has 0 bridgehead atoms. The first kappa shape index (κ1) is 16.4. The van der Waals surface area contributed by atoms with E-state index in [0.717, 1.165) is 15.7 Å². The fourth-order valence-corrected chi connectivity index (χ4v) is 1.46. The highest BCUT2D eigenvalue weighted by Gasteiger charge is 2.16. The first-order valence-electron chi connectivity index (χ1n) is 5.24. The van der Waals surface area contributed by atoms with Gasteiger partial charge in [0.1, 0.15) is 0 Å². The van der Waals surface area contributed by atoms with Crippen LogP contribution >= 0.6 is 28.3 Å². The van der Waals surface area contributed by atoms with Crippen LogP contribution in [0.1, 0.15) is 19.4 Å². The minimum atomic E-state index is -0.191. The number of hydrogen-bond acceptors (Lipinski definition) is 2. The Balaban J connectivity index is 0.00000256. The van der Waals surface area contributed by atoms with Crippen LogP contribution in [0.5, 0.6) is 0 Å². The van der Waals surface area contributed by atoms with Crippen LogP contribution in [0.25, 0.3) is 0 Å². The average molecular weight is 322 g/mol. The summed E-state index contributed by atoms with van der Waals surface area (Å²) in [5.41, 5.74) is 7.57. The van der Waals surface area contributed by atoms with Crippen molar-refractivity contribution in [2.24, 2.45) is 11.7 Å². The van der Waals surface area contributed by atoms with E-state index < -0.39 is 0 Å². The third-order valence-corrected chi connectivity index (χ3v) is 3.52. The van der Waals surface area contributed by atoms with Crippen LogP contribution in [0, 0.1) is 12.8 Å². The van der Waals surface area contributed by atoms with Gasteiger partial charge in [0.05, 0.1) is 5.92 Å². The van der Waals surface area contributed by atoms with Gasteiger partial charge in [-0.25, -0.2) is 0 Å². The molecule has 0 saturated carbocycles. The Labute approximate surface area is 117 Å². The lowest BCUT2D eigenvalue weighted by atomic mass is 10.0. The molecule has 96 valence electrons. The third-order valence-electron chi connectivity index (χ3n) is 2.63. The third kappa shape index (κ3) is 4.66. The Bertz CT molecular complexity index is 396. The first-order valence-corrected chi connectivity index (χ1v) is 6.03. The van der Waals surface area contributed by atoms with Gasteiger partial charge in [-0.2, -0.15) is 0 Å². The molecule has 0 aliphatic carbocycles. The van der Waals surface area contributed by atoms with Crippen molar-refractivity contribution in [1.82, 2.24) is 0 Å². The van der Waals surface area contributed by atoms with Crippen molar-refractivity contribution in [1.29, 1.82) is 0 Å². The maximum absolute atomic E-state index is 11.7. The number of benzene rings is 1. The van der Waals surface area contributed by atoms with E-state index >= 15 is 0 Å². The lowest BCUT2D eigenvalue weighted by Crippen LogP contribution is -2.34. The monoisotopic (exact) mass is 320 g/mol. The van der Waals surface area contributed by atoms with Crippen molar-refractivity contribution in [3.05, 3.63) is 28.2 Å². The Hall–Kier alpha value is -0.580. The zero-order valence-corrected chi connectivity index (χ0v) is 12.6. The van der Waals surface area contributed by atoms with Gasteiger partial charge in [0, 0.05) is 16.2 Å². The molecular weight excluding hydrogens is 304 g/mol. The van der Waals surface area contributed by atoms with Crippen molar-refractivity contribution in [2.75, 3.05) is 5.32 Å². The Morgan fingerprint density at radius 1 is 1.41 bits per heavy atom. The molecule has 1 aromatic carbocycles. The number of nitrogens with one attached hydrogen (secondary N) is 1. The first-order chi connectivity index (χ1) is 7.41. The summed E-state index contributed by atoms with van der Waals surface area (Å²) >= 11 is 3.42. The predicted molar refractivity (Wildman–Crippen MR) is 77.6 cm³/mol. The molecule has 1 aromatic rings. The molecule has 3 N–H and O–H groups in total. The van der Waals surface area contributed by atoms with Crippen molar-refractivity contribution >= 4 is 39.9 Å². The number of carbonyl (C=O) groups excluding carboxylic acids is 1. The number of hydrogen-bond donors (Lipinski definition) is 2. The quantitative estimate of drug-likeness (QED) is 0.899. The van der Waals surface area contributed by atoms with Crippen molar-refractivity contribution in [2.45, 2.75) is 26.8 Å². The molecule has 2 atom stereocenters. The second-order valence-electron chi connectivity index (χ2n) is 4.10. The smallest absolute Gasteiger partial charge is 0.228 e. The van der Waals surface area contributed by atoms with Crippen molar-refractivity contribution in [3.63, 3.8) is 0 Å². The van der Waals surface area contributed by atoms with Gasteiger partial charge < -0.3 is 11.1 Å². The topological polar surface area (TPSA) is 55.1 Å². The van der Waals surface area contributed by atoms with Gasteiger partial charge in [0.2, 0.25) is 5.91 Å². The molecule has 0 fully saturated rings. The van der Waals surface area contributed by atoms with Crippen LogP contribution in [0.3, 0.4) is 0 Å². The number of amides is 1. The number of anilines is 1. The molecular formula is C12H18BrClN2O. The SMILES string of the molecule is Cc1cc(NC(=O)C(C)C(C)N)ccc1Br.Cl. The number of carbonyl (C=O) groups is 1. The molecule has 0 aromatic heterocycles. The second-order valence-corrected chi connectivity index (χ2v) is 4.96. The largest absolute Gasteiger partial charge is 0.327 e. The summed E-state index contributed by atoms with van der Waals surface area (Å²) in [5, 5.41) is 2.85. The van der Waals surface area contributed by atoms with Gasteiger partial charge >= 0.3 is 0 Å². The molecule has 17 heavy (non-hydrogen) atoms. The van der Waals surface area contributed by atoms with Gasteiger partial charge in [0.15, 0.2) is 0 Å². The molecule has 3 nitrogen and oxygen atoms in total. The fourth-order valence-electron chi connectivity index (χ4n) is 1.22. The van der Waals surface area contributed by atoms with Gasteiger partial charge in [0.25, 0.3) is 0 Å². The lowest BCUT2D eigenvalue weighted by Gasteiger charge is -2.15. The van der Waals surface area contributed by atoms with E-state index in [9.17, 15) is 4.79 Å². The van der Waals surface area contributed by atoms with Crippen LogP contribution in [0.15, 0.2) is 22.7 Å². The summed E-state index contributed by atoms with van der Waals surface area (Å²) in [6, 6.07) is 5.57. The van der Waals surface area contributed by atoms with Gasteiger partial charge in [-0.05, 0) is 37.6 Å². The van der Waals surface area contributed by atoms with E-state index in [1.54, 1.807) is 0 Å². The van der Waals surface area contributed by atoms with Gasteiger partial charge in [-0.3, -0.25) is 4.79 Å². The summed E-state index contributed by atoms with van der Waals surface area (Å²) in [6.07, 6.45) is 0. The molecule has 0 aliphatic rings. The molecule has 0 heterocycles. The number of aryl methyl sites for hydroxylation is 1. The van der Waals surface area contributed by atoms with E-state index in [1.165, 1.54) is 0 Å². The lowest BCUT2D eigenvalue weighted by molar-refractivity contribution is -0.119. The Morgan fingerprint density at radius 2 is 2.00 bits per heavy atom. The zero-order chi connectivity index (χ0) is 12.3. The Morgan fingerprint density at radius 3 is 2.47 bits per heavy atom. The van der Waals surface area contributed by atoms with E-state index in [2.05, 4.69) is 21.2 Å². The van der Waals surface area contributed by atoms with E-state index in [4.69, 9.17) is 5.73 Å². The van der Waals surface area contributed by atoms with Crippen molar-refractivity contribution < 1.29 is 4.79 Å². The zero-order valence-electron chi connectivity index (χ0n) is 10.2. The maximum Gasteiger partial charge on any atom is 0.228 e. The summed E-state index contributed by atoms with van der Waals surface area (Å²) in [7, 11) is 0. The van der Waals surface area contributed by atoms with Gasteiger partial charge in [-0.15, -0.1) is 12.4 Å². The maximum atomic E-state index is 11.7. The highest BCUT2D eigenvalue weighted by atomic mass is 79.9. The molecule has 1 amide bonds. The van der Waals surface area contributed by atoms with Crippen LogP contribution < -0.4 is 11.1 Å². The molecule has 0 saturated heterocycles. The van der Waals surface area contributed by atoms with Crippen molar-refractivity contribution in [3.8, 4) is 0 Å². The van der Waals surface area contributed by atoms with Gasteiger partial charge in [-0.1, -0.05) is 22.9 Å². The summed E-state index contributed by atoms with van der Waals surface area (Å²) in [5.74, 6) is -0.235. The Kier molecular flexibility index (Phi) is 6.75. The summed E-state index contributed by atoms with van der Waals surface area (Å²) < 4.78 is 1.03. The van der Waals surface area contributed by atoms with Crippen LogP contribution in [-0.4, -0.2) is 11.9 Å². The minimum Gasteiger partial charge on any atom is -0.327 e. The van der Waals surface area contributed by atoms with E-state index in [0.29, 0.717) is 0 Å². The van der Waals surface area contributed by atoms with Crippen LogP contribution in [0.2, 0.25) is 0 Å². The number of halogens is 2. The molecule has 0 aliphatic heterocycles. The van der Waals surface area contributed by atoms with E-state index in [1.807, 2.05) is 39.0 Å². The average Bonchev–Trinajstić information content (AvgIpc) is 2.22. The van der Waals surface area contributed by atoms with Crippen LogP contribution in [0.4, 0.5) is 5.69 Å². The standard InChI is InChI=1S/C12H17BrN2O.ClH/c1-7-6-10(4-5-11(7)13)15-12(16)8(2)9(3)14;/h4-6,8-9H,14H2,1-3H3,(H,15,16);1H. The summed E-state index contributed by atoms with van der Waals surface area (Å²) in [4.78, 5) is 11.7. The fraction of sp³-hybridized carbons (Fsp3) is 0.417. The molecule has 0 radical (unpaired) electrons. The van der Waals surface area contributed by atoms with Crippen LogP contribution in [-0.2, 0) is 4.79 Å². The molecule has 1 rings (SSSR count). The highest BCUT2D eigenvalue weighted by molar-refractivity contribution is 9.10. The highest BCUT2D eigenvalue weighted by Crippen LogP contribution is 2.20. The minimum absolute atomic E-state index is 0. The normalized spacial score (nSPS) is 13.5. The molecule has 2 unspecified atom stereocenters. The number of nitrogens with two attached hydrogens (primary N) is 1. The molecule has 5 heteroatoms.